The second-order valence-electron chi connectivity index (χ2n) is 6.64. The van der Waals surface area contributed by atoms with Crippen molar-refractivity contribution in [1.82, 2.24) is 9.80 Å². The van der Waals surface area contributed by atoms with Crippen molar-refractivity contribution < 1.29 is 28.7 Å². The fourth-order valence-corrected chi connectivity index (χ4v) is 3.27. The average molecular weight is 372 g/mol. The number of rotatable bonds is 5. The molecule has 142 valence electrons. The number of hydrogen-bond donors (Lipinski definition) is 0. The second kappa shape index (κ2) is 7.30. The Balaban J connectivity index is 1.80. The number of likely N-dealkylation sites (tertiary alicyclic amines) is 1. The van der Waals surface area contributed by atoms with Gasteiger partial charge in [-0.3, -0.25) is 28.9 Å². The van der Waals surface area contributed by atoms with Crippen LogP contribution in [0.3, 0.4) is 0 Å². The summed E-state index contributed by atoms with van der Waals surface area (Å²) in [6, 6.07) is 3.81. The summed E-state index contributed by atoms with van der Waals surface area (Å²) in [7, 11) is 0. The van der Waals surface area contributed by atoms with Crippen LogP contribution in [0.5, 0.6) is 0 Å². The van der Waals surface area contributed by atoms with Gasteiger partial charge in [0.25, 0.3) is 17.7 Å². The van der Waals surface area contributed by atoms with E-state index in [1.54, 1.807) is 32.0 Å². The monoisotopic (exact) mass is 372 g/mol. The van der Waals surface area contributed by atoms with E-state index in [4.69, 9.17) is 4.74 Å². The van der Waals surface area contributed by atoms with Crippen molar-refractivity contribution in [1.29, 1.82) is 0 Å². The molecule has 0 radical (unpaired) electrons. The molecule has 0 aliphatic carbocycles. The first-order chi connectivity index (χ1) is 12.8. The predicted molar refractivity (Wildman–Crippen MR) is 92.4 cm³/mol. The largest absolute Gasteiger partial charge is 0.444 e. The fraction of sp³-hybridized carbons (Fsp3) is 0.421. The molecule has 27 heavy (non-hydrogen) atoms. The number of amides is 4. The van der Waals surface area contributed by atoms with Gasteiger partial charge in [-0.25, -0.2) is 4.90 Å². The maximum atomic E-state index is 12.8. The van der Waals surface area contributed by atoms with Gasteiger partial charge in [-0.1, -0.05) is 18.6 Å². The number of nitrogens with zero attached hydrogens (tertiary/aromatic N) is 2. The van der Waals surface area contributed by atoms with E-state index in [1.165, 1.54) is 0 Å². The first-order valence-electron chi connectivity index (χ1n) is 8.83. The third kappa shape index (κ3) is 3.34. The second-order valence-corrected chi connectivity index (χ2v) is 6.64. The van der Waals surface area contributed by atoms with Gasteiger partial charge in [-0.2, -0.15) is 0 Å². The van der Waals surface area contributed by atoms with E-state index in [0.717, 1.165) is 15.4 Å². The zero-order chi connectivity index (χ0) is 19.7. The number of aryl methyl sites for hydroxylation is 1. The highest BCUT2D eigenvalue weighted by Gasteiger charge is 2.47. The number of piperidine rings is 1. The van der Waals surface area contributed by atoms with Gasteiger partial charge < -0.3 is 4.74 Å². The summed E-state index contributed by atoms with van der Waals surface area (Å²) in [5.41, 5.74) is 1.33. The minimum absolute atomic E-state index is 0.0197. The lowest BCUT2D eigenvalue weighted by atomic mass is 10.0. The molecule has 0 bridgehead atoms. The van der Waals surface area contributed by atoms with Gasteiger partial charge in [0.1, 0.15) is 6.04 Å². The Morgan fingerprint density at radius 2 is 1.85 bits per heavy atom. The third-order valence-corrected chi connectivity index (χ3v) is 4.68. The summed E-state index contributed by atoms with van der Waals surface area (Å²) in [4.78, 5) is 63.5. The van der Waals surface area contributed by atoms with Crippen molar-refractivity contribution in [2.75, 3.05) is 6.73 Å². The quantitative estimate of drug-likeness (QED) is 0.572. The molecule has 2 aliphatic heterocycles. The van der Waals surface area contributed by atoms with Crippen LogP contribution in [0.4, 0.5) is 0 Å². The molecule has 1 aromatic carbocycles. The van der Waals surface area contributed by atoms with Gasteiger partial charge in [0, 0.05) is 12.8 Å². The number of fused-ring (bicyclic) bond motifs is 1. The van der Waals surface area contributed by atoms with Crippen molar-refractivity contribution in [2.24, 2.45) is 0 Å². The van der Waals surface area contributed by atoms with E-state index in [1.807, 2.05) is 0 Å². The van der Waals surface area contributed by atoms with Crippen LogP contribution in [0, 0.1) is 6.92 Å². The topological polar surface area (TPSA) is 101 Å². The SMILES string of the molecule is CCCC(=O)OCN1C(=O)CCC(N2C(=O)c3ccc(C)cc3C2=O)C1=O. The van der Waals surface area contributed by atoms with Crippen LogP contribution in [-0.4, -0.2) is 52.2 Å². The number of imide groups is 2. The molecule has 2 aliphatic rings. The summed E-state index contributed by atoms with van der Waals surface area (Å²) in [5.74, 6) is -2.81. The number of carbonyl (C=O) groups excluding carboxylic acids is 5. The van der Waals surface area contributed by atoms with Crippen molar-refractivity contribution in [2.45, 2.75) is 45.6 Å². The molecule has 1 aromatic rings. The Morgan fingerprint density at radius 1 is 1.15 bits per heavy atom. The molecule has 4 amide bonds. The molecular formula is C19H20N2O6. The van der Waals surface area contributed by atoms with Gasteiger partial charge in [0.05, 0.1) is 11.1 Å². The fourth-order valence-electron chi connectivity index (χ4n) is 3.27. The lowest BCUT2D eigenvalue weighted by Gasteiger charge is -2.33. The maximum Gasteiger partial charge on any atom is 0.307 e. The molecule has 2 heterocycles. The molecule has 1 fully saturated rings. The van der Waals surface area contributed by atoms with E-state index in [9.17, 15) is 24.0 Å². The summed E-state index contributed by atoms with van der Waals surface area (Å²) >= 11 is 0. The summed E-state index contributed by atoms with van der Waals surface area (Å²) in [6.07, 6.45) is 0.797. The maximum absolute atomic E-state index is 12.8. The number of ether oxygens (including phenoxy) is 1. The van der Waals surface area contributed by atoms with Gasteiger partial charge in [-0.05, 0) is 31.9 Å². The summed E-state index contributed by atoms with van der Waals surface area (Å²) < 4.78 is 4.96. The highest BCUT2D eigenvalue weighted by molar-refractivity contribution is 6.23. The lowest BCUT2D eigenvalue weighted by Crippen LogP contribution is -2.56. The van der Waals surface area contributed by atoms with Crippen LogP contribution in [0.2, 0.25) is 0 Å². The van der Waals surface area contributed by atoms with Crippen LogP contribution in [0.15, 0.2) is 18.2 Å². The standard InChI is InChI=1S/C19H20N2O6/c1-3-4-16(23)27-10-20-15(22)8-7-14(19(20)26)21-17(24)12-6-5-11(2)9-13(12)18(21)25/h5-6,9,14H,3-4,7-8,10H2,1-2H3. The third-order valence-electron chi connectivity index (χ3n) is 4.68. The molecule has 1 unspecified atom stereocenters. The van der Waals surface area contributed by atoms with Gasteiger partial charge >= 0.3 is 5.97 Å². The number of carbonyl (C=O) groups is 5. The molecule has 0 aromatic heterocycles. The number of hydrogen-bond acceptors (Lipinski definition) is 6. The van der Waals surface area contributed by atoms with Gasteiger partial charge in [0.15, 0.2) is 6.73 Å². The smallest absolute Gasteiger partial charge is 0.307 e. The minimum atomic E-state index is -1.08. The molecule has 8 heteroatoms. The average Bonchev–Trinajstić information content (AvgIpc) is 2.86. The van der Waals surface area contributed by atoms with Crippen molar-refractivity contribution in [3.8, 4) is 0 Å². The Labute approximate surface area is 156 Å². The first-order valence-corrected chi connectivity index (χ1v) is 8.83. The Kier molecular flexibility index (Phi) is 5.07. The molecule has 0 spiro atoms. The lowest BCUT2D eigenvalue weighted by molar-refractivity contribution is -0.163. The summed E-state index contributed by atoms with van der Waals surface area (Å²) in [5, 5.41) is 0. The van der Waals surface area contributed by atoms with Crippen LogP contribution < -0.4 is 0 Å². The molecule has 3 rings (SSSR count). The van der Waals surface area contributed by atoms with Crippen LogP contribution in [0.1, 0.15) is 58.9 Å². The van der Waals surface area contributed by atoms with Crippen LogP contribution >= 0.6 is 0 Å². The van der Waals surface area contributed by atoms with E-state index in [2.05, 4.69) is 0 Å². The molecule has 0 saturated carbocycles. The van der Waals surface area contributed by atoms with Crippen molar-refractivity contribution in [3.05, 3.63) is 34.9 Å². The minimum Gasteiger partial charge on any atom is -0.444 e. The molecule has 1 saturated heterocycles. The van der Waals surface area contributed by atoms with E-state index in [0.29, 0.717) is 6.42 Å². The molecular weight excluding hydrogens is 352 g/mol. The molecule has 8 nitrogen and oxygen atoms in total. The van der Waals surface area contributed by atoms with E-state index < -0.39 is 42.4 Å². The molecule has 1 atom stereocenters. The highest BCUT2D eigenvalue weighted by atomic mass is 16.5. The van der Waals surface area contributed by atoms with E-state index >= 15 is 0 Å². The first kappa shape index (κ1) is 18.8. The highest BCUT2D eigenvalue weighted by Crippen LogP contribution is 2.29. The normalized spacial score (nSPS) is 19.6. The van der Waals surface area contributed by atoms with Crippen molar-refractivity contribution >= 4 is 29.6 Å². The summed E-state index contributed by atoms with van der Waals surface area (Å²) in [6.45, 7) is 3.10. The predicted octanol–water partition coefficient (Wildman–Crippen LogP) is 1.41. The number of esters is 1. The van der Waals surface area contributed by atoms with Crippen molar-refractivity contribution in [3.63, 3.8) is 0 Å². The van der Waals surface area contributed by atoms with Crippen LogP contribution in [0.25, 0.3) is 0 Å². The Hall–Kier alpha value is -3.03. The van der Waals surface area contributed by atoms with Gasteiger partial charge in [0.2, 0.25) is 5.91 Å². The number of benzene rings is 1. The van der Waals surface area contributed by atoms with Crippen LogP contribution in [-0.2, 0) is 19.1 Å². The molecule has 0 N–H and O–H groups in total. The zero-order valence-electron chi connectivity index (χ0n) is 15.2. The Bertz CT molecular complexity index is 847. The van der Waals surface area contributed by atoms with E-state index in [-0.39, 0.29) is 30.4 Å². The van der Waals surface area contributed by atoms with Gasteiger partial charge in [-0.15, -0.1) is 0 Å². The zero-order valence-corrected chi connectivity index (χ0v) is 15.2. The Morgan fingerprint density at radius 3 is 2.56 bits per heavy atom.